The van der Waals surface area contributed by atoms with Crippen LogP contribution in [0.25, 0.3) is 0 Å². The number of ether oxygens (including phenoxy) is 2. The van der Waals surface area contributed by atoms with Gasteiger partial charge in [0.05, 0.1) is 0 Å². The third kappa shape index (κ3) is 16.0. The van der Waals surface area contributed by atoms with Gasteiger partial charge in [-0.1, -0.05) is 44.0 Å². The summed E-state index contributed by atoms with van der Waals surface area (Å²) in [6, 6.07) is -1.24. The number of methoxy groups -OCH3 is 2. The van der Waals surface area contributed by atoms with Gasteiger partial charge in [0.15, 0.2) is 0 Å². The zero-order chi connectivity index (χ0) is 36.5. The third-order valence-electron chi connectivity index (χ3n) is 6.41. The molecule has 0 aliphatic carbocycles. The van der Waals surface area contributed by atoms with Crippen LogP contribution in [0.2, 0.25) is 0 Å². The molecule has 4 atom stereocenters. The molecule has 0 N–H and O–H groups in total. The largest absolute Gasteiger partial charge is 0.385 e. The van der Waals surface area contributed by atoms with Gasteiger partial charge in [0, 0.05) is 52.6 Å². The highest BCUT2D eigenvalue weighted by Crippen LogP contribution is 2.23. The summed E-state index contributed by atoms with van der Waals surface area (Å²) in [7, 11) is -17.1. The summed E-state index contributed by atoms with van der Waals surface area (Å²) in [6.45, 7) is 10.7. The van der Waals surface area contributed by atoms with Crippen LogP contribution >= 0.6 is 0 Å². The zero-order valence-corrected chi connectivity index (χ0v) is 30.2. The first kappa shape index (κ1) is 47.3. The Labute approximate surface area is 269 Å². The molecule has 0 aromatic heterocycles. The Morgan fingerprint density at radius 2 is 0.848 bits per heavy atom. The van der Waals surface area contributed by atoms with E-state index in [1.54, 1.807) is 41.5 Å². The van der Waals surface area contributed by atoms with E-state index in [-0.39, 0.29) is 24.9 Å². The van der Waals surface area contributed by atoms with Crippen molar-refractivity contribution in [3.63, 3.8) is 0 Å². The lowest BCUT2D eigenvalue weighted by molar-refractivity contribution is -0.000830. The smallest absolute Gasteiger partial charge is 0.346 e. The van der Waals surface area contributed by atoms with Gasteiger partial charge in [-0.2, -0.15) is 43.0 Å². The van der Waals surface area contributed by atoms with Crippen LogP contribution in [0.5, 0.6) is 0 Å². The van der Waals surface area contributed by atoms with Gasteiger partial charge in [-0.05, 0) is 60.4 Å². The van der Waals surface area contributed by atoms with Crippen molar-refractivity contribution in [2.75, 3.05) is 40.5 Å². The Kier molecular flexibility index (Phi) is 22.6. The lowest BCUT2D eigenvalue weighted by Gasteiger charge is -2.29. The van der Waals surface area contributed by atoms with Crippen molar-refractivity contribution >= 4 is 40.4 Å². The highest BCUT2D eigenvalue weighted by Gasteiger charge is 2.36. The van der Waals surface area contributed by atoms with Crippen LogP contribution in [0.4, 0.5) is 26.6 Å². The van der Waals surface area contributed by atoms with Crippen LogP contribution in [0.1, 0.15) is 67.2 Å². The maximum atomic E-state index is 12.6. The molecule has 46 heavy (non-hydrogen) atoms. The van der Waals surface area contributed by atoms with Crippen molar-refractivity contribution in [2.24, 2.45) is 19.4 Å². The lowest BCUT2D eigenvalue weighted by Crippen LogP contribution is -2.41. The van der Waals surface area contributed by atoms with Crippen LogP contribution < -0.4 is 0 Å². The van der Waals surface area contributed by atoms with E-state index in [1.165, 1.54) is 14.2 Å². The van der Waals surface area contributed by atoms with Gasteiger partial charge in [0.2, 0.25) is 0 Å². The SMILES string of the molecule is COCCCCN([C@@H](C)C(C)C)S(=O)(=O)N=S(=O)(OF)C(F)F.COCCCCN([C@H](C)C(C)C)S(=O)(=O)N=S(=O)(OF)C(F)F. The molecule has 0 aromatic carbocycles. The van der Waals surface area contributed by atoms with Crippen LogP contribution in [-0.2, 0) is 58.7 Å². The van der Waals surface area contributed by atoms with E-state index in [1.807, 2.05) is 0 Å². The first-order chi connectivity index (χ1) is 21.0. The Morgan fingerprint density at radius 1 is 0.565 bits per heavy atom. The van der Waals surface area contributed by atoms with Gasteiger partial charge in [-0.3, -0.25) is 0 Å². The molecular weight excluding hydrogens is 723 g/mol. The number of hydrogen-bond donors (Lipinski definition) is 0. The minimum absolute atomic E-state index is 0.0560. The van der Waals surface area contributed by atoms with Crippen LogP contribution in [0.3, 0.4) is 0 Å². The van der Waals surface area contributed by atoms with Crippen molar-refractivity contribution in [1.82, 2.24) is 8.61 Å². The quantitative estimate of drug-likeness (QED) is 0.108. The number of unbranched alkanes of at least 4 members (excludes halogenated alkanes) is 2. The zero-order valence-electron chi connectivity index (χ0n) is 26.9. The van der Waals surface area contributed by atoms with Crippen molar-refractivity contribution in [2.45, 2.75) is 90.8 Å². The molecule has 2 unspecified atom stereocenters. The second-order valence-electron chi connectivity index (χ2n) is 10.4. The number of rotatable bonds is 22. The van der Waals surface area contributed by atoms with Gasteiger partial charge in [0.25, 0.3) is 20.0 Å². The number of nitrogens with zero attached hydrogens (tertiary/aromatic N) is 4. The summed E-state index contributed by atoms with van der Waals surface area (Å²) in [6.07, 6.45) is 1.78. The topological polar surface area (TPSA) is 171 Å². The molecule has 280 valence electrons. The third-order valence-corrected chi connectivity index (χ3v) is 13.1. The molecule has 0 radical (unpaired) electrons. The summed E-state index contributed by atoms with van der Waals surface area (Å²) >= 11 is 0. The van der Waals surface area contributed by atoms with E-state index >= 15 is 0 Å². The average molecular weight is 769 g/mol. The second kappa shape index (κ2) is 22.0. The van der Waals surface area contributed by atoms with E-state index < -0.39 is 64.0 Å². The van der Waals surface area contributed by atoms with E-state index in [2.05, 4.69) is 16.3 Å². The van der Waals surface area contributed by atoms with Crippen molar-refractivity contribution in [3.8, 4) is 0 Å². The maximum absolute atomic E-state index is 12.6. The monoisotopic (exact) mass is 768 g/mol. The van der Waals surface area contributed by atoms with Crippen molar-refractivity contribution < 1.29 is 70.1 Å². The number of halogens is 6. The first-order valence-electron chi connectivity index (χ1n) is 13.8. The summed E-state index contributed by atoms with van der Waals surface area (Å²) in [5.41, 5.74) is 0. The fourth-order valence-electron chi connectivity index (χ4n) is 3.24. The first-order valence-corrected chi connectivity index (χ1v) is 19.6. The van der Waals surface area contributed by atoms with E-state index in [9.17, 15) is 51.9 Å². The predicted octanol–water partition coefficient (Wildman–Crippen LogP) is 5.02. The summed E-state index contributed by atoms with van der Waals surface area (Å²) in [5.74, 6) is -8.13. The molecule has 0 saturated carbocycles. The Bertz CT molecular complexity index is 1220. The normalized spacial score (nSPS) is 16.8. The van der Waals surface area contributed by atoms with Gasteiger partial charge in [-0.25, -0.2) is 8.42 Å². The Hall–Kier alpha value is -0.860. The maximum Gasteiger partial charge on any atom is 0.346 e. The molecule has 14 nitrogen and oxygen atoms in total. The lowest BCUT2D eigenvalue weighted by atomic mass is 10.1. The predicted molar refractivity (Wildman–Crippen MR) is 160 cm³/mol. The fourth-order valence-corrected chi connectivity index (χ4v) is 8.89. The molecule has 0 bridgehead atoms. The molecule has 0 amide bonds. The molecule has 0 aromatic rings. The Balaban J connectivity index is 0. The van der Waals surface area contributed by atoms with Gasteiger partial charge in [0.1, 0.15) is 0 Å². The molecule has 0 saturated heterocycles. The molecule has 0 spiro atoms. The van der Waals surface area contributed by atoms with Crippen LogP contribution in [-0.4, -0.2) is 98.0 Å². The van der Waals surface area contributed by atoms with Gasteiger partial charge < -0.3 is 9.47 Å². The average Bonchev–Trinajstić information content (AvgIpc) is 2.95. The number of alkyl halides is 4. The summed E-state index contributed by atoms with van der Waals surface area (Å²) in [5, 5.41) is 0. The highest BCUT2D eigenvalue weighted by atomic mass is 32.3. The van der Waals surface area contributed by atoms with Gasteiger partial charge in [-0.15, -0.1) is 0 Å². The minimum atomic E-state index is -5.27. The standard InChI is InChI=1S/2C11H23F3N2O5S2/c2*1-9(2)10(3)16(7-5-6-8-20-4)23(18,19)15-22(17,21-14)11(12)13/h2*9-11H,5-8H2,1-4H3/t2*10-,22?/m10/s1. The van der Waals surface area contributed by atoms with Crippen LogP contribution in [0.15, 0.2) is 7.54 Å². The highest BCUT2D eigenvalue weighted by molar-refractivity contribution is 8.00. The summed E-state index contributed by atoms with van der Waals surface area (Å²) < 4.78 is 168. The van der Waals surface area contributed by atoms with Crippen molar-refractivity contribution in [3.05, 3.63) is 0 Å². The minimum Gasteiger partial charge on any atom is -0.385 e. The molecule has 0 rings (SSSR count). The van der Waals surface area contributed by atoms with Gasteiger partial charge >= 0.3 is 31.9 Å². The van der Waals surface area contributed by atoms with Crippen molar-refractivity contribution in [1.29, 1.82) is 0 Å². The second-order valence-corrected chi connectivity index (χ2v) is 17.3. The fraction of sp³-hybridized carbons (Fsp3) is 1.00. The van der Waals surface area contributed by atoms with E-state index in [0.717, 1.165) is 8.61 Å². The summed E-state index contributed by atoms with van der Waals surface area (Å²) in [4.78, 5) is 0. The van der Waals surface area contributed by atoms with E-state index in [4.69, 9.17) is 9.47 Å². The molecule has 0 aliphatic rings. The molecule has 0 aliphatic heterocycles. The molecule has 24 heteroatoms. The number of hydrogen-bond acceptors (Lipinski definition) is 10. The molecule has 0 heterocycles. The Morgan fingerprint density at radius 3 is 1.04 bits per heavy atom. The molecular formula is C22H46F6N4O10S4. The molecule has 0 fully saturated rings. The van der Waals surface area contributed by atoms with Crippen LogP contribution in [0, 0.1) is 11.8 Å². The van der Waals surface area contributed by atoms with E-state index in [0.29, 0.717) is 38.9 Å².